The molecule has 0 saturated heterocycles. The van der Waals surface area contributed by atoms with Crippen molar-refractivity contribution in [2.24, 2.45) is 5.41 Å². The highest BCUT2D eigenvalue weighted by Crippen LogP contribution is 2.30. The molecule has 0 aliphatic carbocycles. The average molecular weight is 333 g/mol. The summed E-state index contributed by atoms with van der Waals surface area (Å²) in [4.78, 5) is 4.31. The van der Waals surface area contributed by atoms with Crippen LogP contribution in [0.2, 0.25) is 0 Å². The maximum absolute atomic E-state index is 4.60. The van der Waals surface area contributed by atoms with Crippen LogP contribution in [0.25, 0.3) is 17.1 Å². The molecule has 25 heavy (non-hydrogen) atoms. The Morgan fingerprint density at radius 1 is 1.16 bits per heavy atom. The van der Waals surface area contributed by atoms with Crippen LogP contribution in [-0.4, -0.2) is 14.8 Å². The zero-order valence-electron chi connectivity index (χ0n) is 15.7. The summed E-state index contributed by atoms with van der Waals surface area (Å²) in [5.41, 5.74) is 7.96. The van der Waals surface area contributed by atoms with E-state index >= 15 is 0 Å². The summed E-state index contributed by atoms with van der Waals surface area (Å²) < 4.78 is 4.29. The number of fused-ring (bicyclic) bond motifs is 3. The third-order valence-electron chi connectivity index (χ3n) is 4.78. The minimum absolute atomic E-state index is 0.289. The van der Waals surface area contributed by atoms with Gasteiger partial charge in [0.05, 0.1) is 5.56 Å². The molecule has 4 heteroatoms. The molecule has 4 rings (SSSR count). The van der Waals surface area contributed by atoms with E-state index in [1.54, 1.807) is 0 Å². The molecule has 0 bridgehead atoms. The van der Waals surface area contributed by atoms with Gasteiger partial charge in [-0.25, -0.2) is 0 Å². The Morgan fingerprint density at radius 3 is 2.56 bits per heavy atom. The largest absolute Gasteiger partial charge is 0.274 e. The van der Waals surface area contributed by atoms with E-state index < -0.39 is 0 Å². The molecule has 0 atom stereocenters. The number of aryl methyl sites for hydroxylation is 2. The molecule has 2 aromatic heterocycles. The van der Waals surface area contributed by atoms with Gasteiger partial charge >= 0.3 is 0 Å². The number of benzene rings is 1. The molecule has 128 valence electrons. The first-order valence-electron chi connectivity index (χ1n) is 8.85. The Hall–Kier alpha value is -2.49. The highest BCUT2D eigenvalue weighted by Gasteiger charge is 2.32. The monoisotopic (exact) mass is 333 g/mol. The second-order valence-corrected chi connectivity index (χ2v) is 8.33. The van der Waals surface area contributed by atoms with E-state index in [4.69, 9.17) is 0 Å². The summed E-state index contributed by atoms with van der Waals surface area (Å²) in [6.45, 7) is 12.1. The lowest BCUT2D eigenvalue weighted by Gasteiger charge is -2.20. The lowest BCUT2D eigenvalue weighted by Crippen LogP contribution is -2.33. The Kier molecular flexibility index (Phi) is 3.53. The summed E-state index contributed by atoms with van der Waals surface area (Å²) in [5, 5.41) is 4.60. The first-order valence-corrected chi connectivity index (χ1v) is 8.85. The van der Waals surface area contributed by atoms with Crippen LogP contribution >= 0.6 is 0 Å². The van der Waals surface area contributed by atoms with Crippen LogP contribution in [-0.2, 0) is 13.0 Å². The zero-order valence-corrected chi connectivity index (χ0v) is 15.7. The molecule has 0 fully saturated rings. The van der Waals surface area contributed by atoms with Crippen LogP contribution in [0.3, 0.4) is 0 Å². The van der Waals surface area contributed by atoms with Crippen molar-refractivity contribution < 1.29 is 4.57 Å². The van der Waals surface area contributed by atoms with Gasteiger partial charge in [0.15, 0.2) is 0 Å². The predicted molar refractivity (Wildman–Crippen MR) is 98.7 cm³/mol. The summed E-state index contributed by atoms with van der Waals surface area (Å²) in [7, 11) is 0. The molecule has 0 unspecified atom stereocenters. The van der Waals surface area contributed by atoms with Gasteiger partial charge in [-0.2, -0.15) is 4.57 Å². The van der Waals surface area contributed by atoms with Crippen molar-refractivity contribution in [3.63, 3.8) is 0 Å². The first kappa shape index (κ1) is 16.0. The fourth-order valence-electron chi connectivity index (χ4n) is 3.96. The third kappa shape index (κ3) is 2.76. The number of aromatic nitrogens is 4. The maximum atomic E-state index is 4.60. The summed E-state index contributed by atoms with van der Waals surface area (Å²) in [6, 6.07) is 6.73. The maximum Gasteiger partial charge on any atom is 0.274 e. The van der Waals surface area contributed by atoms with Gasteiger partial charge < -0.3 is 0 Å². The molecule has 1 aliphatic rings. The number of pyridine rings is 1. The van der Waals surface area contributed by atoms with E-state index in [1.165, 1.54) is 33.5 Å². The number of nitrogens with zero attached hydrogens (tertiary/aromatic N) is 4. The highest BCUT2D eigenvalue weighted by molar-refractivity contribution is 5.61. The summed E-state index contributed by atoms with van der Waals surface area (Å²) in [6.07, 6.45) is 6.82. The SMILES string of the molecule is Cc1cc(CC(C)(C)C)cc(C)c1-[n+]1cnn2c1-c1cnccc1C2. The van der Waals surface area contributed by atoms with Crippen molar-refractivity contribution in [3.05, 3.63) is 59.2 Å². The molecule has 0 saturated carbocycles. The van der Waals surface area contributed by atoms with Crippen molar-refractivity contribution >= 4 is 0 Å². The fourth-order valence-corrected chi connectivity index (χ4v) is 3.96. The predicted octanol–water partition coefficient (Wildman–Crippen LogP) is 3.79. The topological polar surface area (TPSA) is 34.6 Å². The van der Waals surface area contributed by atoms with E-state index in [1.807, 2.05) is 18.7 Å². The average Bonchev–Trinajstić information content (AvgIpc) is 3.04. The van der Waals surface area contributed by atoms with Gasteiger partial charge in [-0.1, -0.05) is 32.9 Å². The number of hydrogen-bond acceptors (Lipinski definition) is 2. The standard InChI is InChI=1S/C21H25N4/c1-14-8-16(10-21(3,4)5)9-15(2)19(14)24-13-23-25-12-17-6-7-22-11-18(17)20(24)25/h6-9,11,13H,10,12H2,1-5H3/q+1. The molecule has 3 heterocycles. The molecule has 0 radical (unpaired) electrons. The fraction of sp³-hybridized carbons (Fsp3) is 0.381. The van der Waals surface area contributed by atoms with Crippen molar-refractivity contribution in [1.82, 2.24) is 14.8 Å². The van der Waals surface area contributed by atoms with E-state index in [-0.39, 0.29) is 5.41 Å². The lowest BCUT2D eigenvalue weighted by molar-refractivity contribution is -0.585. The Balaban J connectivity index is 1.84. The van der Waals surface area contributed by atoms with Crippen LogP contribution in [0.1, 0.15) is 43.0 Å². The normalized spacial score (nSPS) is 13.0. The van der Waals surface area contributed by atoms with Gasteiger partial charge in [0.2, 0.25) is 0 Å². The number of rotatable bonds is 2. The second kappa shape index (κ2) is 5.51. The number of hydrogen-bond donors (Lipinski definition) is 0. The van der Waals surface area contributed by atoms with E-state index in [9.17, 15) is 0 Å². The van der Waals surface area contributed by atoms with Crippen LogP contribution in [0.4, 0.5) is 0 Å². The van der Waals surface area contributed by atoms with Crippen LogP contribution in [0.5, 0.6) is 0 Å². The van der Waals surface area contributed by atoms with Gasteiger partial charge in [0, 0.05) is 23.1 Å². The molecular weight excluding hydrogens is 308 g/mol. The third-order valence-corrected chi connectivity index (χ3v) is 4.78. The van der Waals surface area contributed by atoms with Crippen molar-refractivity contribution in [1.29, 1.82) is 0 Å². The van der Waals surface area contributed by atoms with Gasteiger partial charge in [0.1, 0.15) is 12.2 Å². The van der Waals surface area contributed by atoms with E-state index in [0.717, 1.165) is 18.8 Å². The van der Waals surface area contributed by atoms with Crippen LogP contribution in [0, 0.1) is 19.3 Å². The van der Waals surface area contributed by atoms with Gasteiger partial charge in [-0.3, -0.25) is 4.98 Å². The molecule has 0 spiro atoms. The Labute approximate surface area is 149 Å². The Morgan fingerprint density at radius 2 is 1.88 bits per heavy atom. The first-order chi connectivity index (χ1) is 11.8. The van der Waals surface area contributed by atoms with E-state index in [2.05, 4.69) is 72.1 Å². The molecule has 4 nitrogen and oxygen atoms in total. The summed E-state index contributed by atoms with van der Waals surface area (Å²) >= 11 is 0. The highest BCUT2D eigenvalue weighted by atomic mass is 15.4. The minimum atomic E-state index is 0.289. The molecule has 1 aliphatic heterocycles. The van der Waals surface area contributed by atoms with Crippen molar-refractivity contribution in [3.8, 4) is 17.1 Å². The van der Waals surface area contributed by atoms with E-state index in [0.29, 0.717) is 0 Å². The molecule has 0 amide bonds. The van der Waals surface area contributed by atoms with Gasteiger partial charge in [-0.05, 0) is 48.4 Å². The van der Waals surface area contributed by atoms with Crippen molar-refractivity contribution in [2.45, 2.75) is 47.6 Å². The van der Waals surface area contributed by atoms with Crippen molar-refractivity contribution in [2.75, 3.05) is 0 Å². The molecule has 3 aromatic rings. The van der Waals surface area contributed by atoms with Gasteiger partial charge in [-0.15, -0.1) is 4.68 Å². The van der Waals surface area contributed by atoms with Crippen LogP contribution < -0.4 is 4.57 Å². The Bertz CT molecular complexity index is 937. The molecule has 1 aromatic carbocycles. The second-order valence-electron chi connectivity index (χ2n) is 8.33. The summed E-state index contributed by atoms with van der Waals surface area (Å²) in [5.74, 6) is 1.12. The smallest absolute Gasteiger partial charge is 0.264 e. The molecular formula is C21H25N4+. The lowest BCUT2D eigenvalue weighted by atomic mass is 9.87. The van der Waals surface area contributed by atoms with Crippen LogP contribution in [0.15, 0.2) is 36.9 Å². The van der Waals surface area contributed by atoms with Gasteiger partial charge in [0.25, 0.3) is 12.2 Å². The quantitative estimate of drug-likeness (QED) is 0.523. The molecule has 0 N–H and O–H groups in total. The minimum Gasteiger partial charge on any atom is -0.264 e. The zero-order chi connectivity index (χ0) is 17.8.